The standard InChI is InChI=1S/C11H15NO4S2/c1-8-6-12-11-9(17(2,13)14)4-3-5-10(11)18(15,16)7-8/h3-5,8,12H,6-7H2,1-2H3. The van der Waals surface area contributed by atoms with Crippen LogP contribution in [0.3, 0.4) is 0 Å². The normalized spacial score (nSPS) is 22.7. The smallest absolute Gasteiger partial charge is 0.180 e. The molecule has 1 aliphatic heterocycles. The number of benzene rings is 1. The fourth-order valence-corrected chi connectivity index (χ4v) is 4.82. The number of sulfone groups is 2. The monoisotopic (exact) mass is 289 g/mol. The lowest BCUT2D eigenvalue weighted by Gasteiger charge is -2.11. The first-order valence-corrected chi connectivity index (χ1v) is 9.06. The van der Waals surface area contributed by atoms with Gasteiger partial charge in [0.1, 0.15) is 0 Å². The van der Waals surface area contributed by atoms with E-state index in [9.17, 15) is 16.8 Å². The van der Waals surface area contributed by atoms with E-state index in [1.54, 1.807) is 0 Å². The highest BCUT2D eigenvalue weighted by atomic mass is 32.2. The minimum Gasteiger partial charge on any atom is -0.383 e. The fraction of sp³-hybridized carbons (Fsp3) is 0.455. The zero-order valence-corrected chi connectivity index (χ0v) is 11.8. The van der Waals surface area contributed by atoms with Crippen LogP contribution < -0.4 is 5.32 Å². The molecule has 1 unspecified atom stereocenters. The minimum absolute atomic E-state index is 0.0280. The minimum atomic E-state index is -3.46. The Hall–Kier alpha value is -1.08. The topological polar surface area (TPSA) is 80.3 Å². The second-order valence-corrected chi connectivity index (χ2v) is 8.66. The molecule has 7 heteroatoms. The lowest BCUT2D eigenvalue weighted by molar-refractivity contribution is 0.582. The lowest BCUT2D eigenvalue weighted by Crippen LogP contribution is -2.15. The number of rotatable bonds is 1. The van der Waals surface area contributed by atoms with Crippen molar-refractivity contribution in [1.82, 2.24) is 0 Å². The summed E-state index contributed by atoms with van der Waals surface area (Å²) in [6, 6.07) is 4.33. The molecule has 0 saturated carbocycles. The molecule has 1 aromatic rings. The van der Waals surface area contributed by atoms with Crippen LogP contribution in [0.5, 0.6) is 0 Å². The molecule has 0 spiro atoms. The molecule has 1 aromatic carbocycles. The van der Waals surface area contributed by atoms with Gasteiger partial charge in [-0.3, -0.25) is 0 Å². The van der Waals surface area contributed by atoms with E-state index < -0.39 is 19.7 Å². The zero-order chi connectivity index (χ0) is 13.6. The second-order valence-electron chi connectivity index (χ2n) is 4.67. The van der Waals surface area contributed by atoms with Gasteiger partial charge in [-0.25, -0.2) is 16.8 Å². The van der Waals surface area contributed by atoms with Crippen molar-refractivity contribution < 1.29 is 16.8 Å². The maximum atomic E-state index is 12.1. The molecule has 2 rings (SSSR count). The van der Waals surface area contributed by atoms with Crippen LogP contribution in [-0.2, 0) is 19.7 Å². The van der Waals surface area contributed by atoms with E-state index in [4.69, 9.17) is 0 Å². The Bertz CT molecular complexity index is 677. The molecule has 0 amide bonds. The van der Waals surface area contributed by atoms with Gasteiger partial charge in [0.05, 0.1) is 21.2 Å². The van der Waals surface area contributed by atoms with Crippen LogP contribution in [-0.4, -0.2) is 35.4 Å². The Kier molecular flexibility index (Phi) is 3.14. The van der Waals surface area contributed by atoms with Gasteiger partial charge in [0.2, 0.25) is 0 Å². The Morgan fingerprint density at radius 2 is 2.00 bits per heavy atom. The predicted molar refractivity (Wildman–Crippen MR) is 69.3 cm³/mol. The number of hydrogen-bond acceptors (Lipinski definition) is 5. The van der Waals surface area contributed by atoms with E-state index in [-0.39, 0.29) is 27.1 Å². The Labute approximate surface area is 107 Å². The van der Waals surface area contributed by atoms with E-state index in [1.807, 2.05) is 6.92 Å². The third kappa shape index (κ3) is 2.37. The summed E-state index contributed by atoms with van der Waals surface area (Å²) in [6.45, 7) is 2.26. The van der Waals surface area contributed by atoms with E-state index in [1.165, 1.54) is 18.2 Å². The van der Waals surface area contributed by atoms with E-state index >= 15 is 0 Å². The van der Waals surface area contributed by atoms with Crippen LogP contribution in [0.1, 0.15) is 6.92 Å². The van der Waals surface area contributed by atoms with Crippen LogP contribution in [0, 0.1) is 5.92 Å². The number of anilines is 1. The van der Waals surface area contributed by atoms with Crippen molar-refractivity contribution in [3.63, 3.8) is 0 Å². The molecule has 1 N–H and O–H groups in total. The summed E-state index contributed by atoms with van der Waals surface area (Å²) in [7, 11) is -6.89. The summed E-state index contributed by atoms with van der Waals surface area (Å²) in [5.41, 5.74) is 0.212. The first-order chi connectivity index (χ1) is 8.22. The van der Waals surface area contributed by atoms with Crippen LogP contribution in [0.15, 0.2) is 28.0 Å². The van der Waals surface area contributed by atoms with Gasteiger partial charge in [0, 0.05) is 12.8 Å². The Morgan fingerprint density at radius 1 is 1.33 bits per heavy atom. The zero-order valence-electron chi connectivity index (χ0n) is 10.2. The highest BCUT2D eigenvalue weighted by Gasteiger charge is 2.29. The number of para-hydroxylation sites is 1. The van der Waals surface area contributed by atoms with Gasteiger partial charge < -0.3 is 5.32 Å². The van der Waals surface area contributed by atoms with Crippen LogP contribution in [0.4, 0.5) is 5.69 Å². The van der Waals surface area contributed by atoms with Gasteiger partial charge in [-0.1, -0.05) is 13.0 Å². The number of hydrogen-bond donors (Lipinski definition) is 1. The SMILES string of the molecule is CC1CNc2c(S(C)(=O)=O)cccc2S(=O)(=O)C1. The van der Waals surface area contributed by atoms with E-state index in [0.717, 1.165) is 6.26 Å². The van der Waals surface area contributed by atoms with Gasteiger partial charge in [0.15, 0.2) is 19.7 Å². The van der Waals surface area contributed by atoms with Crippen LogP contribution in [0.2, 0.25) is 0 Å². The average Bonchev–Trinajstić information content (AvgIpc) is 2.34. The van der Waals surface area contributed by atoms with Crippen molar-refractivity contribution in [3.05, 3.63) is 18.2 Å². The summed E-state index contributed by atoms with van der Waals surface area (Å²) < 4.78 is 47.6. The Balaban J connectivity index is 2.76. The molecular weight excluding hydrogens is 274 g/mol. The van der Waals surface area contributed by atoms with Crippen LogP contribution in [0.25, 0.3) is 0 Å². The first kappa shape index (κ1) is 13.4. The molecule has 0 fully saturated rings. The predicted octanol–water partition coefficient (Wildman–Crippen LogP) is 0.925. The van der Waals surface area contributed by atoms with Crippen molar-refractivity contribution in [2.24, 2.45) is 5.92 Å². The Morgan fingerprint density at radius 3 is 2.61 bits per heavy atom. The first-order valence-electron chi connectivity index (χ1n) is 5.51. The van der Waals surface area contributed by atoms with Crippen molar-refractivity contribution in [2.75, 3.05) is 23.9 Å². The average molecular weight is 289 g/mol. The molecule has 0 saturated heterocycles. The molecule has 5 nitrogen and oxygen atoms in total. The molecule has 18 heavy (non-hydrogen) atoms. The molecule has 1 aliphatic rings. The molecule has 0 radical (unpaired) electrons. The van der Waals surface area contributed by atoms with Crippen molar-refractivity contribution in [3.8, 4) is 0 Å². The van der Waals surface area contributed by atoms with E-state index in [2.05, 4.69) is 5.32 Å². The van der Waals surface area contributed by atoms with Gasteiger partial charge in [-0.05, 0) is 18.1 Å². The second kappa shape index (κ2) is 4.24. The third-order valence-electron chi connectivity index (χ3n) is 2.85. The molecule has 0 bridgehead atoms. The van der Waals surface area contributed by atoms with Gasteiger partial charge in [-0.15, -0.1) is 0 Å². The molecule has 0 aromatic heterocycles. The van der Waals surface area contributed by atoms with Crippen molar-refractivity contribution in [1.29, 1.82) is 0 Å². The maximum Gasteiger partial charge on any atom is 0.180 e. The molecule has 1 atom stereocenters. The van der Waals surface area contributed by atoms with Gasteiger partial charge in [-0.2, -0.15) is 0 Å². The third-order valence-corrected chi connectivity index (χ3v) is 6.01. The summed E-state index contributed by atoms with van der Waals surface area (Å²) in [5, 5.41) is 2.95. The quantitative estimate of drug-likeness (QED) is 0.831. The van der Waals surface area contributed by atoms with Crippen molar-refractivity contribution in [2.45, 2.75) is 16.7 Å². The van der Waals surface area contributed by atoms with E-state index in [0.29, 0.717) is 6.54 Å². The lowest BCUT2D eigenvalue weighted by atomic mass is 10.2. The molecule has 0 aliphatic carbocycles. The molecular formula is C11H15NO4S2. The van der Waals surface area contributed by atoms with Crippen molar-refractivity contribution >= 4 is 25.4 Å². The summed E-state index contributed by atoms with van der Waals surface area (Å²) in [4.78, 5) is 0.118. The summed E-state index contributed by atoms with van der Waals surface area (Å²) in [5.74, 6) is -0.0324. The molecule has 100 valence electrons. The fourth-order valence-electron chi connectivity index (χ4n) is 2.05. The summed E-state index contributed by atoms with van der Waals surface area (Å²) in [6.07, 6.45) is 1.07. The highest BCUT2D eigenvalue weighted by Crippen LogP contribution is 2.32. The van der Waals surface area contributed by atoms with Crippen LogP contribution >= 0.6 is 0 Å². The van der Waals surface area contributed by atoms with Gasteiger partial charge >= 0.3 is 0 Å². The largest absolute Gasteiger partial charge is 0.383 e. The highest BCUT2D eigenvalue weighted by molar-refractivity contribution is 7.92. The number of nitrogens with one attached hydrogen (secondary N) is 1. The molecule has 1 heterocycles. The van der Waals surface area contributed by atoms with Gasteiger partial charge in [0.25, 0.3) is 0 Å². The number of fused-ring (bicyclic) bond motifs is 1. The summed E-state index contributed by atoms with van der Waals surface area (Å²) >= 11 is 0. The maximum absolute atomic E-state index is 12.1.